The van der Waals surface area contributed by atoms with Crippen LogP contribution in [-0.2, 0) is 16.1 Å². The molecular weight excluding hydrogens is 540 g/mol. The number of likely N-dealkylation sites (tertiary alicyclic amines) is 2. The summed E-state index contributed by atoms with van der Waals surface area (Å²) < 4.78 is 1.80. The van der Waals surface area contributed by atoms with E-state index >= 15 is 0 Å². The molecule has 0 radical (unpaired) electrons. The zero-order valence-corrected chi connectivity index (χ0v) is 24.9. The lowest BCUT2D eigenvalue weighted by Crippen LogP contribution is -2.25. The van der Waals surface area contributed by atoms with Crippen molar-refractivity contribution in [2.24, 2.45) is 0 Å². The van der Waals surface area contributed by atoms with Crippen molar-refractivity contribution in [3.8, 4) is 0 Å². The first-order valence-electron chi connectivity index (χ1n) is 15.9. The number of amides is 2. The second kappa shape index (κ2) is 13.7. The molecule has 0 spiro atoms. The molecule has 2 saturated heterocycles. The maximum Gasteiger partial charge on any atom is 0.261 e. The van der Waals surface area contributed by atoms with E-state index in [-0.39, 0.29) is 17.4 Å². The summed E-state index contributed by atoms with van der Waals surface area (Å²) in [6.07, 6.45) is 10.6. The fourth-order valence-corrected chi connectivity index (χ4v) is 6.43. The molecule has 4 heterocycles. The van der Waals surface area contributed by atoms with Crippen molar-refractivity contribution in [1.82, 2.24) is 19.4 Å². The summed E-state index contributed by atoms with van der Waals surface area (Å²) in [6, 6.07) is 13.2. The van der Waals surface area contributed by atoms with E-state index in [4.69, 9.17) is 4.98 Å². The molecule has 3 aromatic rings. The summed E-state index contributed by atoms with van der Waals surface area (Å²) in [5.41, 5.74) is 3.99. The van der Waals surface area contributed by atoms with Crippen LogP contribution < -0.4 is 16.2 Å². The second-order valence-electron chi connectivity index (χ2n) is 12.1. The smallest absolute Gasteiger partial charge is 0.261 e. The largest absolute Gasteiger partial charge is 0.326 e. The second-order valence-corrected chi connectivity index (χ2v) is 12.1. The Bertz CT molecular complexity index is 1550. The average Bonchev–Trinajstić information content (AvgIpc) is 3.70. The lowest BCUT2D eigenvalue weighted by atomic mass is 10.0. The fourth-order valence-electron chi connectivity index (χ4n) is 6.43. The first kappa shape index (κ1) is 29.3. The predicted octanol–water partition coefficient (Wildman–Crippen LogP) is 4.97. The third-order valence-electron chi connectivity index (χ3n) is 8.85. The number of carbonyl (C=O) groups excluding carboxylic acids is 2. The molecule has 0 atom stereocenters. The Kier molecular flexibility index (Phi) is 9.29. The van der Waals surface area contributed by atoms with Crippen LogP contribution in [0.1, 0.15) is 69.2 Å². The number of aromatic nitrogens is 2. The number of benzene rings is 2. The molecule has 0 unspecified atom stereocenters. The Balaban J connectivity index is 1.17. The van der Waals surface area contributed by atoms with E-state index in [9.17, 15) is 14.4 Å². The van der Waals surface area contributed by atoms with E-state index in [0.29, 0.717) is 41.8 Å². The van der Waals surface area contributed by atoms with Crippen molar-refractivity contribution in [3.63, 3.8) is 0 Å². The zero-order chi connectivity index (χ0) is 29.6. The van der Waals surface area contributed by atoms with Gasteiger partial charge in [0.05, 0.1) is 10.9 Å². The van der Waals surface area contributed by atoms with Crippen LogP contribution in [0.4, 0.5) is 11.4 Å². The van der Waals surface area contributed by atoms with Crippen molar-refractivity contribution in [3.05, 3.63) is 64.2 Å². The molecule has 2 aromatic carbocycles. The van der Waals surface area contributed by atoms with Gasteiger partial charge in [-0.05, 0) is 119 Å². The van der Waals surface area contributed by atoms with Gasteiger partial charge in [0.25, 0.3) is 5.56 Å². The Hall–Kier alpha value is -3.82. The monoisotopic (exact) mass is 582 g/mol. The Morgan fingerprint density at radius 1 is 0.744 bits per heavy atom. The lowest BCUT2D eigenvalue weighted by molar-refractivity contribution is -0.117. The van der Waals surface area contributed by atoms with Gasteiger partial charge < -0.3 is 20.4 Å². The topological polar surface area (TPSA) is 99.6 Å². The van der Waals surface area contributed by atoms with E-state index in [0.717, 1.165) is 75.4 Å². The SMILES string of the molecule is O=C(CCN1CCCC1)Nc1ccc(/C=C2\CCCCn3c2nc2cc(NC(=O)CCN4CCCC4)ccc2c3=O)cc1. The minimum atomic E-state index is -0.0494. The van der Waals surface area contributed by atoms with Crippen LogP contribution in [0, 0.1) is 0 Å². The highest BCUT2D eigenvalue weighted by Gasteiger charge is 2.19. The van der Waals surface area contributed by atoms with Gasteiger partial charge in [-0.15, -0.1) is 0 Å². The van der Waals surface area contributed by atoms with E-state index in [1.807, 2.05) is 30.3 Å². The van der Waals surface area contributed by atoms with E-state index in [1.54, 1.807) is 16.7 Å². The van der Waals surface area contributed by atoms with Gasteiger partial charge in [-0.1, -0.05) is 12.1 Å². The van der Waals surface area contributed by atoms with Gasteiger partial charge in [0.1, 0.15) is 5.82 Å². The molecule has 9 nitrogen and oxygen atoms in total. The van der Waals surface area contributed by atoms with Crippen LogP contribution in [0.2, 0.25) is 0 Å². The molecule has 2 amide bonds. The summed E-state index contributed by atoms with van der Waals surface area (Å²) in [7, 11) is 0. The van der Waals surface area contributed by atoms with E-state index < -0.39 is 0 Å². The predicted molar refractivity (Wildman–Crippen MR) is 172 cm³/mol. The molecule has 2 N–H and O–H groups in total. The Morgan fingerprint density at radius 3 is 1.98 bits per heavy atom. The number of nitrogens with one attached hydrogen (secondary N) is 2. The van der Waals surface area contributed by atoms with Crippen LogP contribution >= 0.6 is 0 Å². The van der Waals surface area contributed by atoms with Crippen molar-refractivity contribution < 1.29 is 9.59 Å². The molecule has 6 rings (SSSR count). The quantitative estimate of drug-likeness (QED) is 0.370. The van der Waals surface area contributed by atoms with Crippen LogP contribution in [-0.4, -0.2) is 70.4 Å². The molecule has 0 bridgehead atoms. The minimum Gasteiger partial charge on any atom is -0.326 e. The van der Waals surface area contributed by atoms with Crippen LogP contribution in [0.25, 0.3) is 22.6 Å². The van der Waals surface area contributed by atoms with Gasteiger partial charge in [-0.3, -0.25) is 19.0 Å². The molecule has 43 heavy (non-hydrogen) atoms. The van der Waals surface area contributed by atoms with Crippen LogP contribution in [0.15, 0.2) is 47.3 Å². The van der Waals surface area contributed by atoms with Gasteiger partial charge in [0.15, 0.2) is 0 Å². The first-order valence-corrected chi connectivity index (χ1v) is 15.9. The van der Waals surface area contributed by atoms with E-state index in [2.05, 4.69) is 26.5 Å². The van der Waals surface area contributed by atoms with Crippen molar-refractivity contribution >= 4 is 45.7 Å². The van der Waals surface area contributed by atoms with Gasteiger partial charge in [0.2, 0.25) is 11.8 Å². The summed E-state index contributed by atoms with van der Waals surface area (Å²) in [4.78, 5) is 48.3. The average molecular weight is 583 g/mol. The first-order chi connectivity index (χ1) is 21.0. The fraction of sp³-hybridized carbons (Fsp3) is 0.471. The van der Waals surface area contributed by atoms with Gasteiger partial charge in [-0.2, -0.15) is 0 Å². The van der Waals surface area contributed by atoms with Gasteiger partial charge in [0, 0.05) is 43.9 Å². The molecular formula is C34H42N6O3. The molecule has 3 aliphatic rings. The van der Waals surface area contributed by atoms with Crippen molar-refractivity contribution in [1.29, 1.82) is 0 Å². The molecule has 1 aromatic heterocycles. The van der Waals surface area contributed by atoms with Crippen LogP contribution in [0.3, 0.4) is 0 Å². The summed E-state index contributed by atoms with van der Waals surface area (Å²) in [5.74, 6) is 0.699. The number of hydrogen-bond donors (Lipinski definition) is 2. The zero-order valence-electron chi connectivity index (χ0n) is 24.9. The number of rotatable bonds is 9. The Morgan fingerprint density at radius 2 is 1.33 bits per heavy atom. The molecule has 2 fully saturated rings. The number of fused-ring (bicyclic) bond motifs is 2. The number of allylic oxidation sites excluding steroid dienone is 1. The number of carbonyl (C=O) groups is 2. The highest BCUT2D eigenvalue weighted by molar-refractivity contribution is 5.94. The summed E-state index contributed by atoms with van der Waals surface area (Å²) >= 11 is 0. The Labute approximate surface area is 253 Å². The molecule has 0 aliphatic carbocycles. The molecule has 9 heteroatoms. The summed E-state index contributed by atoms with van der Waals surface area (Å²) in [5, 5.41) is 6.57. The number of nitrogens with zero attached hydrogens (tertiary/aromatic N) is 4. The molecule has 0 saturated carbocycles. The normalized spacial score (nSPS) is 18.6. The lowest BCUT2D eigenvalue weighted by Gasteiger charge is -2.15. The minimum absolute atomic E-state index is 0.0236. The van der Waals surface area contributed by atoms with Crippen LogP contribution in [0.5, 0.6) is 0 Å². The summed E-state index contributed by atoms with van der Waals surface area (Å²) in [6.45, 7) is 6.53. The molecule has 226 valence electrons. The molecule has 3 aliphatic heterocycles. The highest BCUT2D eigenvalue weighted by Crippen LogP contribution is 2.28. The number of hydrogen-bond acceptors (Lipinski definition) is 6. The highest BCUT2D eigenvalue weighted by atomic mass is 16.2. The van der Waals surface area contributed by atoms with Crippen molar-refractivity contribution in [2.45, 2.75) is 64.3 Å². The van der Waals surface area contributed by atoms with Crippen molar-refractivity contribution in [2.75, 3.05) is 49.9 Å². The third kappa shape index (κ3) is 7.40. The standard InChI is InChI=1S/C34H42N6O3/c41-31(14-21-38-16-3-4-17-38)35-27-10-8-25(9-11-27)23-26-7-1-2-20-40-33(26)37-30-24-28(12-13-29(30)34(40)43)36-32(42)15-22-39-18-5-6-19-39/h8-13,23-24H,1-7,14-22H2,(H,35,41)(H,36,42)/b26-23+. The number of anilines is 2. The maximum atomic E-state index is 13.6. The van der Waals surface area contributed by atoms with E-state index in [1.165, 1.54) is 25.7 Å². The maximum absolute atomic E-state index is 13.6. The van der Waals surface area contributed by atoms with Gasteiger partial charge in [-0.25, -0.2) is 4.98 Å². The van der Waals surface area contributed by atoms with Gasteiger partial charge >= 0.3 is 0 Å². The third-order valence-corrected chi connectivity index (χ3v) is 8.85.